The number of imidazole rings is 1. The molecule has 3 atom stereocenters. The molecule has 7 heteroatoms. The summed E-state index contributed by atoms with van der Waals surface area (Å²) in [6.07, 6.45) is 3.06. The van der Waals surface area contributed by atoms with Gasteiger partial charge in [-0.25, -0.2) is 15.0 Å². The van der Waals surface area contributed by atoms with Crippen LogP contribution in [0.4, 0.5) is 5.82 Å². The highest BCUT2D eigenvalue weighted by Gasteiger charge is 2.39. The van der Waals surface area contributed by atoms with Crippen LogP contribution in [-0.4, -0.2) is 51.5 Å². The molecule has 0 aromatic carbocycles. The van der Waals surface area contributed by atoms with Crippen molar-refractivity contribution >= 4 is 17.0 Å². The molecule has 2 unspecified atom stereocenters. The Labute approximate surface area is 135 Å². The second kappa shape index (κ2) is 5.14. The van der Waals surface area contributed by atoms with Gasteiger partial charge in [-0.1, -0.05) is 20.8 Å². The Kier molecular flexibility index (Phi) is 3.32. The number of rotatable bonds is 3. The molecule has 2 fully saturated rings. The number of nitrogens with one attached hydrogen (secondary N) is 1. The molecule has 0 saturated carbocycles. The third kappa shape index (κ3) is 2.79. The van der Waals surface area contributed by atoms with E-state index in [1.165, 1.54) is 0 Å². The number of H-pyrrole nitrogens is 1. The Morgan fingerprint density at radius 1 is 1.35 bits per heavy atom. The molecule has 2 aliphatic rings. The smallest absolute Gasteiger partial charge is 0.184 e. The molecule has 0 aliphatic carbocycles. The topological polar surface area (TPSA) is 79.5 Å². The van der Waals surface area contributed by atoms with Crippen molar-refractivity contribution in [3.05, 3.63) is 12.2 Å². The van der Waals surface area contributed by atoms with Crippen molar-refractivity contribution in [2.24, 2.45) is 0 Å². The zero-order valence-electron chi connectivity index (χ0n) is 14.0. The molecule has 2 aromatic heterocycles. The highest BCUT2D eigenvalue weighted by molar-refractivity contribution is 5.83. The van der Waals surface area contributed by atoms with Crippen molar-refractivity contribution in [3.8, 4) is 0 Å². The van der Waals surface area contributed by atoms with Crippen molar-refractivity contribution in [2.75, 3.05) is 18.0 Å². The van der Waals surface area contributed by atoms with Gasteiger partial charge < -0.3 is 19.4 Å². The van der Waals surface area contributed by atoms with E-state index in [4.69, 9.17) is 14.5 Å². The minimum absolute atomic E-state index is 0.0253. The van der Waals surface area contributed by atoms with Crippen LogP contribution in [-0.2, 0) is 14.9 Å². The van der Waals surface area contributed by atoms with Crippen LogP contribution < -0.4 is 4.90 Å². The third-order valence-electron chi connectivity index (χ3n) is 4.36. The van der Waals surface area contributed by atoms with Crippen LogP contribution in [0.15, 0.2) is 6.33 Å². The van der Waals surface area contributed by atoms with E-state index in [1.807, 2.05) is 6.92 Å². The molecule has 1 N–H and O–H groups in total. The van der Waals surface area contributed by atoms with Crippen molar-refractivity contribution in [3.63, 3.8) is 0 Å². The van der Waals surface area contributed by atoms with E-state index in [0.29, 0.717) is 0 Å². The van der Waals surface area contributed by atoms with Crippen LogP contribution >= 0.6 is 0 Å². The fourth-order valence-electron chi connectivity index (χ4n) is 2.91. The van der Waals surface area contributed by atoms with Gasteiger partial charge in [0.25, 0.3) is 0 Å². The lowest BCUT2D eigenvalue weighted by Gasteiger charge is -2.22. The van der Waals surface area contributed by atoms with Crippen molar-refractivity contribution in [1.82, 2.24) is 19.9 Å². The normalized spacial score (nSPS) is 27.8. The molecule has 0 radical (unpaired) electrons. The van der Waals surface area contributed by atoms with E-state index in [9.17, 15) is 0 Å². The van der Waals surface area contributed by atoms with Crippen LogP contribution in [0, 0.1) is 0 Å². The summed E-state index contributed by atoms with van der Waals surface area (Å²) in [4.78, 5) is 19.2. The Morgan fingerprint density at radius 2 is 2.13 bits per heavy atom. The van der Waals surface area contributed by atoms with Gasteiger partial charge in [0.05, 0.1) is 12.4 Å². The summed E-state index contributed by atoms with van der Waals surface area (Å²) in [6.45, 7) is 10.1. The first kappa shape index (κ1) is 14.8. The Bertz CT molecular complexity index is 723. The van der Waals surface area contributed by atoms with Gasteiger partial charge in [-0.3, -0.25) is 0 Å². The minimum atomic E-state index is -0.116. The zero-order chi connectivity index (χ0) is 16.2. The summed E-state index contributed by atoms with van der Waals surface area (Å²) in [5.41, 5.74) is 1.51. The van der Waals surface area contributed by atoms with E-state index in [1.54, 1.807) is 6.33 Å². The lowest BCUT2D eigenvalue weighted by atomic mass is 9.96. The second-order valence-corrected chi connectivity index (χ2v) is 7.42. The van der Waals surface area contributed by atoms with Gasteiger partial charge in [-0.2, -0.15) is 0 Å². The largest absolute Gasteiger partial charge is 0.352 e. The van der Waals surface area contributed by atoms with Crippen molar-refractivity contribution in [2.45, 2.75) is 58.0 Å². The fraction of sp³-hybridized carbons (Fsp3) is 0.688. The number of hydrogen-bond donors (Lipinski definition) is 1. The number of anilines is 1. The number of ether oxygens (including phenoxy) is 2. The Hall–Kier alpha value is -1.73. The van der Waals surface area contributed by atoms with Crippen molar-refractivity contribution < 1.29 is 9.47 Å². The summed E-state index contributed by atoms with van der Waals surface area (Å²) in [6, 6.07) is 0. The Balaban J connectivity index is 1.61. The lowest BCUT2D eigenvalue weighted by molar-refractivity contribution is 0.000340. The highest BCUT2D eigenvalue weighted by Crippen LogP contribution is 2.31. The number of aromatic amines is 1. The molecule has 0 amide bonds. The van der Waals surface area contributed by atoms with Gasteiger partial charge >= 0.3 is 0 Å². The molecule has 0 bridgehead atoms. The van der Waals surface area contributed by atoms with E-state index in [2.05, 4.69) is 40.6 Å². The highest BCUT2D eigenvalue weighted by atomic mass is 16.8. The quantitative estimate of drug-likeness (QED) is 0.872. The predicted molar refractivity (Wildman–Crippen MR) is 86.4 cm³/mol. The molecule has 2 aromatic rings. The average Bonchev–Trinajstić information content (AvgIpc) is 2.93. The number of epoxide rings is 1. The molecule has 4 heterocycles. The van der Waals surface area contributed by atoms with Crippen LogP contribution in [0.1, 0.15) is 39.9 Å². The van der Waals surface area contributed by atoms with Crippen molar-refractivity contribution in [1.29, 1.82) is 0 Å². The number of fused-ring (bicyclic) bond motifs is 1. The summed E-state index contributed by atoms with van der Waals surface area (Å²) >= 11 is 0. The maximum Gasteiger partial charge on any atom is 0.184 e. The molecule has 2 aliphatic heterocycles. The van der Waals surface area contributed by atoms with Gasteiger partial charge in [0.15, 0.2) is 17.8 Å². The van der Waals surface area contributed by atoms with Crippen LogP contribution in [0.3, 0.4) is 0 Å². The summed E-state index contributed by atoms with van der Waals surface area (Å²) in [5, 5.41) is 0. The zero-order valence-corrected chi connectivity index (χ0v) is 14.0. The minimum Gasteiger partial charge on any atom is -0.352 e. The molecule has 4 rings (SSSR count). The number of hydrogen-bond acceptors (Lipinski definition) is 6. The second-order valence-electron chi connectivity index (χ2n) is 7.42. The van der Waals surface area contributed by atoms with Crippen LogP contribution in [0.2, 0.25) is 0 Å². The van der Waals surface area contributed by atoms with Gasteiger partial charge in [0, 0.05) is 18.5 Å². The molecular formula is C16H23N5O2. The average molecular weight is 317 g/mol. The predicted octanol–water partition coefficient (Wildman–Crippen LogP) is 1.99. The van der Waals surface area contributed by atoms with E-state index in [0.717, 1.165) is 42.3 Å². The molecule has 7 nitrogen and oxygen atoms in total. The van der Waals surface area contributed by atoms with Crippen LogP contribution in [0.5, 0.6) is 0 Å². The fourth-order valence-corrected chi connectivity index (χ4v) is 2.91. The molecule has 23 heavy (non-hydrogen) atoms. The molecule has 2 saturated heterocycles. The molecule has 0 spiro atoms. The monoisotopic (exact) mass is 317 g/mol. The number of aromatic nitrogens is 4. The third-order valence-corrected chi connectivity index (χ3v) is 4.36. The van der Waals surface area contributed by atoms with Gasteiger partial charge in [0.1, 0.15) is 17.4 Å². The summed E-state index contributed by atoms with van der Waals surface area (Å²) in [7, 11) is 0. The first-order chi connectivity index (χ1) is 10.9. The maximum atomic E-state index is 5.94. The summed E-state index contributed by atoms with van der Waals surface area (Å²) in [5.74, 6) is 1.74. The SMILES string of the molecule is CC1OC1O[C@H]1CCN(c2nc(C(C)(C)C)nc3nc[nH]c23)C1. The lowest BCUT2D eigenvalue weighted by Crippen LogP contribution is -2.26. The summed E-state index contributed by atoms with van der Waals surface area (Å²) < 4.78 is 11.3. The van der Waals surface area contributed by atoms with Crippen LogP contribution in [0.25, 0.3) is 11.2 Å². The number of nitrogens with zero attached hydrogens (tertiary/aromatic N) is 4. The van der Waals surface area contributed by atoms with E-state index < -0.39 is 0 Å². The standard InChI is InChI=1S/C16H23N5O2/c1-9-14(22-9)23-10-5-6-21(7-10)13-11-12(18-8-17-11)19-15(20-13)16(2,3)4/h8-10,14H,5-7H2,1-4H3,(H,17,18,19,20)/t9?,10-,14?/m0/s1. The van der Waals surface area contributed by atoms with Gasteiger partial charge in [-0.15, -0.1) is 0 Å². The molecule has 124 valence electrons. The first-order valence-electron chi connectivity index (χ1n) is 8.19. The van der Waals surface area contributed by atoms with E-state index in [-0.39, 0.29) is 23.9 Å². The van der Waals surface area contributed by atoms with Gasteiger partial charge in [-0.05, 0) is 13.3 Å². The van der Waals surface area contributed by atoms with Gasteiger partial charge in [0.2, 0.25) is 0 Å². The maximum absolute atomic E-state index is 5.94. The molecular weight excluding hydrogens is 294 g/mol. The van der Waals surface area contributed by atoms with E-state index >= 15 is 0 Å². The first-order valence-corrected chi connectivity index (χ1v) is 8.19. The Morgan fingerprint density at radius 3 is 2.83 bits per heavy atom.